The number of rotatable bonds is 4. The maximum absolute atomic E-state index is 13.7. The van der Waals surface area contributed by atoms with E-state index in [0.29, 0.717) is 24.1 Å². The first-order chi connectivity index (χ1) is 9.85. The Kier molecular flexibility index (Phi) is 3.66. The van der Waals surface area contributed by atoms with Crippen LogP contribution in [0.2, 0.25) is 0 Å². The molecule has 7 nitrogen and oxygen atoms in total. The van der Waals surface area contributed by atoms with Gasteiger partial charge in [0.2, 0.25) is 11.7 Å². The Labute approximate surface area is 116 Å². The maximum atomic E-state index is 13.7. The zero-order valence-electron chi connectivity index (χ0n) is 11.0. The average Bonchev–Trinajstić information content (AvgIpc) is 2.67. The molecule has 0 atom stereocenters. The summed E-state index contributed by atoms with van der Waals surface area (Å²) in [6.45, 7) is 1.55. The highest BCUT2D eigenvalue weighted by atomic mass is 19.1. The van der Waals surface area contributed by atoms with Gasteiger partial charge in [0.25, 0.3) is 0 Å². The normalized spacial score (nSPS) is 10.5. The molecule has 2 aromatic rings. The number of hydrogen-bond donors (Lipinski definition) is 0. The number of halogens is 2. The van der Waals surface area contributed by atoms with Gasteiger partial charge in [-0.2, -0.15) is 9.49 Å². The summed E-state index contributed by atoms with van der Waals surface area (Å²) in [6.07, 6.45) is 0.470. The minimum absolute atomic E-state index is 0.0793. The Bertz CT molecular complexity index is 743. The van der Waals surface area contributed by atoms with Gasteiger partial charge in [0, 0.05) is 13.1 Å². The first-order valence-electron chi connectivity index (χ1n) is 5.65. The molecule has 0 amide bonds. The molecule has 1 aromatic heterocycles. The lowest BCUT2D eigenvalue weighted by molar-refractivity contribution is -0.387. The molecular formula is C12H9F2N3O4. The highest BCUT2D eigenvalue weighted by Gasteiger charge is 2.22. The van der Waals surface area contributed by atoms with Crippen molar-refractivity contribution in [3.05, 3.63) is 45.1 Å². The Balaban J connectivity index is 2.48. The van der Waals surface area contributed by atoms with Gasteiger partial charge in [0.1, 0.15) is 0 Å². The lowest BCUT2D eigenvalue weighted by atomic mass is 10.2. The van der Waals surface area contributed by atoms with Crippen LogP contribution in [0.1, 0.15) is 16.1 Å². The predicted molar refractivity (Wildman–Crippen MR) is 66.4 cm³/mol. The standard InChI is InChI=1S/C12H9F2N3O4/c1-6-7(5-18)12(16(2)15-6)21-11-4-8(13)10(17(19)20)3-9(11)14/h3-5H,1-2H3. The van der Waals surface area contributed by atoms with Crippen LogP contribution in [0.4, 0.5) is 14.5 Å². The molecule has 110 valence electrons. The number of hydrogen-bond acceptors (Lipinski definition) is 5. The number of aromatic nitrogens is 2. The number of nitrogens with zero attached hydrogens (tertiary/aromatic N) is 3. The molecule has 0 N–H and O–H groups in total. The molecular weight excluding hydrogens is 288 g/mol. The van der Waals surface area contributed by atoms with E-state index in [9.17, 15) is 23.7 Å². The van der Waals surface area contributed by atoms with E-state index in [0.717, 1.165) is 0 Å². The van der Waals surface area contributed by atoms with Crippen LogP contribution in [-0.4, -0.2) is 21.0 Å². The van der Waals surface area contributed by atoms with Crippen LogP contribution in [0.15, 0.2) is 12.1 Å². The Morgan fingerprint density at radius 1 is 1.38 bits per heavy atom. The highest BCUT2D eigenvalue weighted by molar-refractivity contribution is 5.80. The van der Waals surface area contributed by atoms with Gasteiger partial charge in [-0.15, -0.1) is 0 Å². The van der Waals surface area contributed by atoms with Crippen LogP contribution in [-0.2, 0) is 7.05 Å². The van der Waals surface area contributed by atoms with Gasteiger partial charge < -0.3 is 4.74 Å². The first-order valence-corrected chi connectivity index (χ1v) is 5.65. The van der Waals surface area contributed by atoms with Crippen LogP contribution in [0, 0.1) is 28.7 Å². The number of aldehydes is 1. The minimum atomic E-state index is -1.25. The minimum Gasteiger partial charge on any atom is -0.435 e. The molecule has 1 heterocycles. The van der Waals surface area contributed by atoms with E-state index in [2.05, 4.69) is 5.10 Å². The van der Waals surface area contributed by atoms with Crippen LogP contribution in [0.3, 0.4) is 0 Å². The topological polar surface area (TPSA) is 87.3 Å². The first kappa shape index (κ1) is 14.6. The molecule has 9 heteroatoms. The van der Waals surface area contributed by atoms with Gasteiger partial charge in [0.05, 0.1) is 22.2 Å². The van der Waals surface area contributed by atoms with E-state index in [1.165, 1.54) is 11.7 Å². The Morgan fingerprint density at radius 2 is 2.05 bits per heavy atom. The Morgan fingerprint density at radius 3 is 2.62 bits per heavy atom. The lowest BCUT2D eigenvalue weighted by Crippen LogP contribution is -2.00. The van der Waals surface area contributed by atoms with Crippen molar-refractivity contribution in [2.24, 2.45) is 7.05 Å². The molecule has 0 fully saturated rings. The molecule has 0 saturated carbocycles. The fourth-order valence-electron chi connectivity index (χ4n) is 1.75. The fraction of sp³-hybridized carbons (Fsp3) is 0.167. The Hall–Kier alpha value is -2.84. The van der Waals surface area contributed by atoms with Crippen molar-refractivity contribution in [1.29, 1.82) is 0 Å². The number of carbonyl (C=O) groups excluding carboxylic acids is 1. The van der Waals surface area contributed by atoms with Gasteiger partial charge in [0.15, 0.2) is 17.9 Å². The van der Waals surface area contributed by atoms with Gasteiger partial charge in [-0.25, -0.2) is 9.07 Å². The van der Waals surface area contributed by atoms with E-state index < -0.39 is 28.0 Å². The lowest BCUT2D eigenvalue weighted by Gasteiger charge is -2.07. The zero-order chi connectivity index (χ0) is 15.7. The monoisotopic (exact) mass is 297 g/mol. The summed E-state index contributed by atoms with van der Waals surface area (Å²) >= 11 is 0. The molecule has 1 aromatic carbocycles. The highest BCUT2D eigenvalue weighted by Crippen LogP contribution is 2.31. The molecule has 0 spiro atoms. The summed E-state index contributed by atoms with van der Waals surface area (Å²) in [4.78, 5) is 20.4. The van der Waals surface area contributed by atoms with E-state index in [4.69, 9.17) is 4.74 Å². The van der Waals surface area contributed by atoms with Crippen LogP contribution in [0.5, 0.6) is 11.6 Å². The number of ether oxygens (including phenoxy) is 1. The number of benzene rings is 1. The second-order valence-electron chi connectivity index (χ2n) is 4.14. The molecule has 0 aliphatic rings. The third-order valence-electron chi connectivity index (χ3n) is 2.74. The van der Waals surface area contributed by atoms with Crippen molar-refractivity contribution in [3.63, 3.8) is 0 Å². The zero-order valence-corrected chi connectivity index (χ0v) is 11.0. The number of nitro benzene ring substituents is 1. The van der Waals surface area contributed by atoms with Crippen molar-refractivity contribution in [2.45, 2.75) is 6.92 Å². The molecule has 0 aliphatic carbocycles. The van der Waals surface area contributed by atoms with Crippen molar-refractivity contribution in [3.8, 4) is 11.6 Å². The smallest absolute Gasteiger partial charge is 0.307 e. The summed E-state index contributed by atoms with van der Waals surface area (Å²) in [7, 11) is 1.45. The third kappa shape index (κ3) is 2.57. The molecule has 0 unspecified atom stereocenters. The largest absolute Gasteiger partial charge is 0.435 e. The molecule has 2 rings (SSSR count). The second kappa shape index (κ2) is 5.27. The van der Waals surface area contributed by atoms with Gasteiger partial charge >= 0.3 is 5.69 Å². The molecule has 0 aliphatic heterocycles. The maximum Gasteiger partial charge on any atom is 0.307 e. The summed E-state index contributed by atoms with van der Waals surface area (Å²) in [6, 6.07) is 0.957. The van der Waals surface area contributed by atoms with Gasteiger partial charge in [-0.3, -0.25) is 14.9 Å². The van der Waals surface area contributed by atoms with Gasteiger partial charge in [-0.1, -0.05) is 0 Å². The summed E-state index contributed by atoms with van der Waals surface area (Å²) in [5.74, 6) is -3.04. The SMILES string of the molecule is Cc1nn(C)c(Oc2cc(F)c([N+](=O)[O-])cc2F)c1C=O. The van der Waals surface area contributed by atoms with Crippen molar-refractivity contribution >= 4 is 12.0 Å². The fourth-order valence-corrected chi connectivity index (χ4v) is 1.75. The molecule has 0 saturated heterocycles. The van der Waals surface area contributed by atoms with E-state index in [1.807, 2.05) is 0 Å². The summed E-state index contributed by atoms with van der Waals surface area (Å²) in [5.41, 5.74) is -0.572. The third-order valence-corrected chi connectivity index (χ3v) is 2.74. The van der Waals surface area contributed by atoms with Crippen LogP contribution < -0.4 is 4.74 Å². The van der Waals surface area contributed by atoms with Crippen molar-refractivity contribution in [2.75, 3.05) is 0 Å². The summed E-state index contributed by atoms with van der Waals surface area (Å²) in [5, 5.41) is 14.4. The number of nitro groups is 1. The van der Waals surface area contributed by atoms with Crippen molar-refractivity contribution in [1.82, 2.24) is 9.78 Å². The summed E-state index contributed by atoms with van der Waals surface area (Å²) < 4.78 is 33.5. The average molecular weight is 297 g/mol. The quantitative estimate of drug-likeness (QED) is 0.491. The predicted octanol–water partition coefficient (Wildman–Crippen LogP) is 2.52. The van der Waals surface area contributed by atoms with Crippen LogP contribution in [0.25, 0.3) is 0 Å². The molecule has 21 heavy (non-hydrogen) atoms. The molecule has 0 radical (unpaired) electrons. The van der Waals surface area contributed by atoms with E-state index >= 15 is 0 Å². The van der Waals surface area contributed by atoms with E-state index in [-0.39, 0.29) is 11.4 Å². The number of aryl methyl sites for hydroxylation is 2. The molecule has 0 bridgehead atoms. The van der Waals surface area contributed by atoms with Gasteiger partial charge in [-0.05, 0) is 6.92 Å². The van der Waals surface area contributed by atoms with Crippen LogP contribution >= 0.6 is 0 Å². The van der Waals surface area contributed by atoms with Crippen molar-refractivity contribution < 1.29 is 23.2 Å². The number of carbonyl (C=O) groups is 1. The van der Waals surface area contributed by atoms with E-state index in [1.54, 1.807) is 6.92 Å². The second-order valence-corrected chi connectivity index (χ2v) is 4.14.